The van der Waals surface area contributed by atoms with Crippen molar-refractivity contribution in [3.05, 3.63) is 35.9 Å². The highest BCUT2D eigenvalue weighted by Gasteiger charge is 2.16. The molecule has 7 heteroatoms. The Morgan fingerprint density at radius 3 is 2.94 bits per heavy atom. The van der Waals surface area contributed by atoms with Gasteiger partial charge in [0.05, 0.1) is 11.9 Å². The predicted octanol–water partition coefficient (Wildman–Crippen LogP) is 1.39. The third-order valence-electron chi connectivity index (χ3n) is 2.58. The lowest BCUT2D eigenvalue weighted by Gasteiger charge is -2.02. The molecule has 0 aromatic carbocycles. The summed E-state index contributed by atoms with van der Waals surface area (Å²) in [7, 11) is 0. The van der Waals surface area contributed by atoms with Gasteiger partial charge in [-0.3, -0.25) is 0 Å². The van der Waals surface area contributed by atoms with Gasteiger partial charge in [0.1, 0.15) is 17.5 Å². The van der Waals surface area contributed by atoms with Gasteiger partial charge in [-0.1, -0.05) is 5.16 Å². The summed E-state index contributed by atoms with van der Waals surface area (Å²) in [5.74, 6) is -1.06. The van der Waals surface area contributed by atoms with Crippen molar-refractivity contribution in [2.24, 2.45) is 0 Å². The molecule has 0 saturated carbocycles. The molecule has 0 bridgehead atoms. The standard InChI is InChI=1S/C11H8N4O3/c1-6-4-9(8-2-3-18-14-8)13-10-7(11(16)17)5-12-15(6)10/h2-5H,1H3,(H,16,17). The number of carboxylic acids is 1. The Kier molecular flexibility index (Phi) is 2.12. The molecule has 90 valence electrons. The lowest BCUT2D eigenvalue weighted by atomic mass is 10.2. The fourth-order valence-electron chi connectivity index (χ4n) is 1.74. The fourth-order valence-corrected chi connectivity index (χ4v) is 1.74. The van der Waals surface area contributed by atoms with E-state index < -0.39 is 5.97 Å². The largest absolute Gasteiger partial charge is 0.477 e. The van der Waals surface area contributed by atoms with Gasteiger partial charge in [0.25, 0.3) is 0 Å². The first-order valence-electron chi connectivity index (χ1n) is 5.16. The van der Waals surface area contributed by atoms with E-state index in [9.17, 15) is 4.79 Å². The highest BCUT2D eigenvalue weighted by molar-refractivity contribution is 5.94. The van der Waals surface area contributed by atoms with Crippen LogP contribution in [-0.2, 0) is 0 Å². The first kappa shape index (κ1) is 10.5. The number of hydrogen-bond acceptors (Lipinski definition) is 5. The summed E-state index contributed by atoms with van der Waals surface area (Å²) in [5.41, 5.74) is 2.23. The summed E-state index contributed by atoms with van der Waals surface area (Å²) in [6.07, 6.45) is 2.72. The Balaban J connectivity index is 2.31. The number of hydrogen-bond donors (Lipinski definition) is 1. The molecule has 0 aliphatic heterocycles. The molecule has 3 rings (SSSR count). The molecule has 7 nitrogen and oxygen atoms in total. The number of aromatic carboxylic acids is 1. The quantitative estimate of drug-likeness (QED) is 0.732. The summed E-state index contributed by atoms with van der Waals surface area (Å²) < 4.78 is 6.23. The van der Waals surface area contributed by atoms with Gasteiger partial charge in [-0.2, -0.15) is 5.10 Å². The SMILES string of the molecule is Cc1cc(-c2ccon2)nc2c(C(=O)O)cnn12. The molecular weight excluding hydrogens is 236 g/mol. The number of rotatable bonds is 2. The number of fused-ring (bicyclic) bond motifs is 1. The molecule has 3 aromatic heterocycles. The normalized spacial score (nSPS) is 10.9. The monoisotopic (exact) mass is 244 g/mol. The molecule has 0 unspecified atom stereocenters. The molecule has 18 heavy (non-hydrogen) atoms. The Morgan fingerprint density at radius 2 is 2.28 bits per heavy atom. The average molecular weight is 244 g/mol. The third kappa shape index (κ3) is 1.45. The van der Waals surface area contributed by atoms with Crippen LogP contribution in [0, 0.1) is 6.92 Å². The molecule has 0 atom stereocenters. The minimum Gasteiger partial charge on any atom is -0.477 e. The molecule has 0 fully saturated rings. The second-order valence-corrected chi connectivity index (χ2v) is 3.77. The Bertz CT molecular complexity index is 730. The maximum absolute atomic E-state index is 11.1. The summed E-state index contributed by atoms with van der Waals surface area (Å²) in [6, 6.07) is 3.43. The molecule has 0 saturated heterocycles. The molecule has 3 heterocycles. The maximum Gasteiger partial charge on any atom is 0.341 e. The third-order valence-corrected chi connectivity index (χ3v) is 2.58. The molecule has 3 aromatic rings. The van der Waals surface area contributed by atoms with Gasteiger partial charge in [-0.05, 0) is 13.0 Å². The van der Waals surface area contributed by atoms with Gasteiger partial charge in [0.15, 0.2) is 5.65 Å². The van der Waals surface area contributed by atoms with E-state index in [1.54, 1.807) is 12.1 Å². The molecule has 0 amide bonds. The van der Waals surface area contributed by atoms with Crippen molar-refractivity contribution in [2.45, 2.75) is 6.92 Å². The summed E-state index contributed by atoms with van der Waals surface area (Å²) >= 11 is 0. The smallest absolute Gasteiger partial charge is 0.341 e. The van der Waals surface area contributed by atoms with Crippen molar-refractivity contribution < 1.29 is 14.4 Å². The fraction of sp³-hybridized carbons (Fsp3) is 0.0909. The highest BCUT2D eigenvalue weighted by atomic mass is 16.5. The van der Waals surface area contributed by atoms with E-state index in [4.69, 9.17) is 9.63 Å². The van der Waals surface area contributed by atoms with Crippen LogP contribution in [0.3, 0.4) is 0 Å². The average Bonchev–Trinajstić information content (AvgIpc) is 2.97. The Hall–Kier alpha value is -2.70. The van der Waals surface area contributed by atoms with E-state index in [0.29, 0.717) is 17.0 Å². The zero-order valence-corrected chi connectivity index (χ0v) is 9.36. The van der Waals surface area contributed by atoms with Crippen LogP contribution in [0.25, 0.3) is 17.0 Å². The highest BCUT2D eigenvalue weighted by Crippen LogP contribution is 2.19. The van der Waals surface area contributed by atoms with Crippen LogP contribution in [-0.4, -0.2) is 30.8 Å². The molecular formula is C11H8N4O3. The van der Waals surface area contributed by atoms with E-state index in [2.05, 4.69) is 15.2 Å². The van der Waals surface area contributed by atoms with Crippen molar-refractivity contribution in [1.82, 2.24) is 19.8 Å². The lowest BCUT2D eigenvalue weighted by Crippen LogP contribution is -2.01. The topological polar surface area (TPSA) is 93.5 Å². The molecule has 0 aliphatic rings. The minimum atomic E-state index is -1.06. The van der Waals surface area contributed by atoms with Gasteiger partial charge in [0, 0.05) is 11.8 Å². The van der Waals surface area contributed by atoms with Crippen LogP contribution >= 0.6 is 0 Å². The number of carbonyl (C=O) groups is 1. The van der Waals surface area contributed by atoms with E-state index in [0.717, 1.165) is 5.69 Å². The second kappa shape index (κ2) is 3.66. The summed E-state index contributed by atoms with van der Waals surface area (Å²) in [5, 5.41) is 16.8. The molecule has 0 aliphatic carbocycles. The maximum atomic E-state index is 11.1. The van der Waals surface area contributed by atoms with E-state index in [1.165, 1.54) is 17.0 Å². The van der Waals surface area contributed by atoms with Crippen LogP contribution in [0.5, 0.6) is 0 Å². The van der Waals surface area contributed by atoms with Crippen LogP contribution in [0.1, 0.15) is 16.1 Å². The Labute approximate surface area is 101 Å². The van der Waals surface area contributed by atoms with Gasteiger partial charge < -0.3 is 9.63 Å². The van der Waals surface area contributed by atoms with Crippen molar-refractivity contribution in [1.29, 1.82) is 0 Å². The predicted molar refractivity (Wildman–Crippen MR) is 60.2 cm³/mol. The van der Waals surface area contributed by atoms with Gasteiger partial charge >= 0.3 is 5.97 Å². The van der Waals surface area contributed by atoms with Gasteiger partial charge in [-0.15, -0.1) is 0 Å². The van der Waals surface area contributed by atoms with Crippen molar-refractivity contribution >= 4 is 11.6 Å². The van der Waals surface area contributed by atoms with Crippen LogP contribution in [0.2, 0.25) is 0 Å². The Morgan fingerprint density at radius 1 is 1.44 bits per heavy atom. The van der Waals surface area contributed by atoms with Crippen molar-refractivity contribution in [2.75, 3.05) is 0 Å². The number of carboxylic acid groups (broad SMARTS) is 1. The van der Waals surface area contributed by atoms with Crippen LogP contribution < -0.4 is 0 Å². The van der Waals surface area contributed by atoms with Crippen LogP contribution in [0.15, 0.2) is 29.1 Å². The van der Waals surface area contributed by atoms with Gasteiger partial charge in [-0.25, -0.2) is 14.3 Å². The summed E-state index contributed by atoms with van der Waals surface area (Å²) in [4.78, 5) is 15.3. The number of nitrogens with zero attached hydrogens (tertiary/aromatic N) is 4. The van der Waals surface area contributed by atoms with E-state index >= 15 is 0 Å². The van der Waals surface area contributed by atoms with E-state index in [1.807, 2.05) is 6.92 Å². The zero-order chi connectivity index (χ0) is 12.7. The molecule has 0 spiro atoms. The number of aryl methyl sites for hydroxylation is 1. The molecule has 1 N–H and O–H groups in total. The molecule has 0 radical (unpaired) electrons. The first-order chi connectivity index (χ1) is 8.66. The number of aromatic nitrogens is 4. The second-order valence-electron chi connectivity index (χ2n) is 3.77. The van der Waals surface area contributed by atoms with Crippen molar-refractivity contribution in [3.63, 3.8) is 0 Å². The lowest BCUT2D eigenvalue weighted by molar-refractivity contribution is 0.0699. The van der Waals surface area contributed by atoms with Gasteiger partial charge in [0.2, 0.25) is 0 Å². The minimum absolute atomic E-state index is 0.0587. The van der Waals surface area contributed by atoms with E-state index in [-0.39, 0.29) is 5.56 Å². The van der Waals surface area contributed by atoms with Crippen LogP contribution in [0.4, 0.5) is 0 Å². The summed E-state index contributed by atoms with van der Waals surface area (Å²) in [6.45, 7) is 1.82. The van der Waals surface area contributed by atoms with Crippen molar-refractivity contribution in [3.8, 4) is 11.4 Å². The first-order valence-corrected chi connectivity index (χ1v) is 5.16. The zero-order valence-electron chi connectivity index (χ0n) is 9.36.